The van der Waals surface area contributed by atoms with Gasteiger partial charge in [-0.3, -0.25) is 24.1 Å². The van der Waals surface area contributed by atoms with Gasteiger partial charge in [0.15, 0.2) is 0 Å². The van der Waals surface area contributed by atoms with Crippen molar-refractivity contribution in [3.8, 4) is 0 Å². The number of nitrogens with zero attached hydrogens (tertiary/aromatic N) is 3. The summed E-state index contributed by atoms with van der Waals surface area (Å²) in [7, 11) is 1.84. The molecule has 1 aromatic carbocycles. The Hall–Kier alpha value is -2.94. The van der Waals surface area contributed by atoms with E-state index in [1.807, 2.05) is 37.1 Å². The minimum atomic E-state index is -0.347. The number of rotatable bonds is 11. The quantitative estimate of drug-likeness (QED) is 0.316. The van der Waals surface area contributed by atoms with Gasteiger partial charge in [0.25, 0.3) is 6.47 Å². The van der Waals surface area contributed by atoms with Crippen LogP contribution in [0.4, 0.5) is 0 Å². The molecule has 1 aromatic rings. The number of carbonyl (C=O) groups is 4. The Kier molecular flexibility index (Phi) is 18.0. The van der Waals surface area contributed by atoms with Crippen LogP contribution in [0.15, 0.2) is 30.3 Å². The molecule has 256 valence electrons. The maximum absolute atomic E-state index is 13.3. The second-order valence-corrected chi connectivity index (χ2v) is 14.0. The molecule has 0 unspecified atom stereocenters. The van der Waals surface area contributed by atoms with E-state index in [2.05, 4.69) is 70.8 Å². The first-order chi connectivity index (χ1) is 21.2. The smallest absolute Gasteiger partial charge is 0.290 e. The molecule has 2 saturated heterocycles. The fraction of sp³-hybridized carbons (Fsp3) is 0.722. The number of hydrogen-bond acceptors (Lipinski definition) is 5. The number of carboxylic acid groups (broad SMARTS) is 1. The van der Waals surface area contributed by atoms with Crippen LogP contribution in [-0.4, -0.2) is 95.9 Å². The minimum Gasteiger partial charge on any atom is -0.483 e. The van der Waals surface area contributed by atoms with Gasteiger partial charge in [0, 0.05) is 44.1 Å². The van der Waals surface area contributed by atoms with Crippen LogP contribution in [0.1, 0.15) is 99.5 Å². The van der Waals surface area contributed by atoms with Crippen molar-refractivity contribution in [2.24, 2.45) is 17.8 Å². The maximum Gasteiger partial charge on any atom is 0.290 e. The van der Waals surface area contributed by atoms with E-state index in [-0.39, 0.29) is 60.1 Å². The molecule has 0 radical (unpaired) electrons. The number of piperidine rings is 1. The summed E-state index contributed by atoms with van der Waals surface area (Å²) in [6.07, 6.45) is 5.93. The predicted molar refractivity (Wildman–Crippen MR) is 182 cm³/mol. The fourth-order valence-electron chi connectivity index (χ4n) is 6.35. The zero-order valence-corrected chi connectivity index (χ0v) is 29.6. The van der Waals surface area contributed by atoms with Gasteiger partial charge in [0.05, 0.1) is 12.6 Å². The van der Waals surface area contributed by atoms with Gasteiger partial charge in [-0.2, -0.15) is 0 Å². The average Bonchev–Trinajstić information content (AvgIpc) is 3.54. The molecule has 2 aliphatic rings. The van der Waals surface area contributed by atoms with E-state index in [9.17, 15) is 14.4 Å². The van der Waals surface area contributed by atoms with E-state index >= 15 is 0 Å². The van der Waals surface area contributed by atoms with E-state index < -0.39 is 0 Å². The topological polar surface area (TPSA) is 110 Å². The Morgan fingerprint density at radius 2 is 1.53 bits per heavy atom. The lowest BCUT2D eigenvalue weighted by Gasteiger charge is -2.41. The lowest BCUT2D eigenvalue weighted by Crippen LogP contribution is -2.56. The second kappa shape index (κ2) is 20.2. The molecular formula is C36H62N4O5. The molecule has 3 atom stereocenters. The monoisotopic (exact) mass is 630 g/mol. The molecule has 2 heterocycles. The summed E-state index contributed by atoms with van der Waals surface area (Å²) < 4.78 is 0. The van der Waals surface area contributed by atoms with Gasteiger partial charge in [-0.1, -0.05) is 92.1 Å². The van der Waals surface area contributed by atoms with Crippen LogP contribution >= 0.6 is 0 Å². The van der Waals surface area contributed by atoms with Crippen molar-refractivity contribution in [2.45, 2.75) is 111 Å². The van der Waals surface area contributed by atoms with Gasteiger partial charge in [-0.25, -0.2) is 0 Å². The molecule has 0 saturated carbocycles. The lowest BCUT2D eigenvalue weighted by atomic mass is 9.71. The van der Waals surface area contributed by atoms with Crippen molar-refractivity contribution in [3.05, 3.63) is 35.9 Å². The van der Waals surface area contributed by atoms with Crippen molar-refractivity contribution in [1.29, 1.82) is 0 Å². The highest BCUT2D eigenvalue weighted by atomic mass is 16.3. The second-order valence-electron chi connectivity index (χ2n) is 14.0. The minimum absolute atomic E-state index is 0.0178. The van der Waals surface area contributed by atoms with Crippen molar-refractivity contribution >= 4 is 24.2 Å². The molecule has 0 spiro atoms. The molecule has 3 amide bonds. The Balaban J connectivity index is 0.00000131. The van der Waals surface area contributed by atoms with Gasteiger partial charge < -0.3 is 20.2 Å². The van der Waals surface area contributed by atoms with Crippen molar-refractivity contribution in [1.82, 2.24) is 20.0 Å². The Labute approximate surface area is 273 Å². The SMILES string of the molecule is CC(C)C.CC[C@H](C(=O)NCC(=O)N(C)[C@H](CN1CCCC[C@H]1C(=O)N1CCCC1)C(C)C)C(C)(C)c1ccccc1.O=CO. The maximum atomic E-state index is 13.3. The van der Waals surface area contributed by atoms with Crippen LogP contribution in [0, 0.1) is 17.8 Å². The molecule has 2 N–H and O–H groups in total. The van der Waals surface area contributed by atoms with E-state index in [4.69, 9.17) is 9.90 Å². The van der Waals surface area contributed by atoms with Gasteiger partial charge in [-0.15, -0.1) is 0 Å². The summed E-state index contributed by atoms with van der Waals surface area (Å²) in [6.45, 7) is 20.0. The molecule has 45 heavy (non-hydrogen) atoms. The number of likely N-dealkylation sites (N-methyl/N-ethyl adjacent to an activating group) is 1. The summed E-state index contributed by atoms with van der Waals surface area (Å²) in [5.74, 6) is 0.900. The van der Waals surface area contributed by atoms with Crippen LogP contribution in [0.25, 0.3) is 0 Å². The number of hydrogen-bond donors (Lipinski definition) is 2. The first-order valence-corrected chi connectivity index (χ1v) is 16.9. The van der Waals surface area contributed by atoms with E-state index in [0.29, 0.717) is 13.0 Å². The first-order valence-electron chi connectivity index (χ1n) is 16.9. The molecule has 9 nitrogen and oxygen atoms in total. The third-order valence-corrected chi connectivity index (χ3v) is 8.93. The van der Waals surface area contributed by atoms with E-state index in [1.54, 1.807) is 4.90 Å². The van der Waals surface area contributed by atoms with Crippen molar-refractivity contribution < 1.29 is 24.3 Å². The molecule has 0 aliphatic carbocycles. The molecule has 0 aromatic heterocycles. The normalized spacial score (nSPS) is 18.2. The van der Waals surface area contributed by atoms with Crippen LogP contribution in [0.2, 0.25) is 0 Å². The zero-order valence-electron chi connectivity index (χ0n) is 29.6. The molecular weight excluding hydrogens is 568 g/mol. The third-order valence-electron chi connectivity index (χ3n) is 8.93. The summed E-state index contributed by atoms with van der Waals surface area (Å²) in [5, 5.41) is 9.84. The number of amides is 3. The highest BCUT2D eigenvalue weighted by molar-refractivity contribution is 5.86. The Morgan fingerprint density at radius 1 is 1.00 bits per heavy atom. The highest BCUT2D eigenvalue weighted by Gasteiger charge is 2.37. The molecule has 3 rings (SSSR count). The molecule has 9 heteroatoms. The third kappa shape index (κ3) is 12.8. The molecule has 2 fully saturated rings. The van der Waals surface area contributed by atoms with Gasteiger partial charge in [0.2, 0.25) is 17.7 Å². The average molecular weight is 631 g/mol. The summed E-state index contributed by atoms with van der Waals surface area (Å²) in [5.41, 5.74) is 0.769. The Bertz CT molecular complexity index is 1020. The lowest BCUT2D eigenvalue weighted by molar-refractivity contribution is -0.139. The zero-order chi connectivity index (χ0) is 34.2. The Morgan fingerprint density at radius 3 is 2.04 bits per heavy atom. The van der Waals surface area contributed by atoms with Crippen LogP contribution in [0.5, 0.6) is 0 Å². The molecule has 0 bridgehead atoms. The summed E-state index contributed by atoms with van der Waals surface area (Å²) in [6, 6.07) is 9.98. The summed E-state index contributed by atoms with van der Waals surface area (Å²) in [4.78, 5) is 54.3. The fourth-order valence-corrected chi connectivity index (χ4v) is 6.35. The number of nitrogens with one attached hydrogen (secondary N) is 1. The van der Waals surface area contributed by atoms with Crippen LogP contribution in [-0.2, 0) is 24.6 Å². The standard InChI is InChI=1S/C31H50N4O3.C4H10.CH2O2/c1-7-25(31(4,5)24-15-9-8-10-16-24)29(37)32-21-28(36)33(6)27(23(2)3)22-35-20-12-11-17-26(35)30(38)34-18-13-14-19-34;1-4(2)3;2-1-3/h8-10,15-16,23,25-27H,7,11-14,17-22H2,1-6H3,(H,32,37);4H,1-3H3;1H,(H,2,3)/t25-,26+,27-;;/m1../s1. The number of benzene rings is 1. The van der Waals surface area contributed by atoms with Crippen molar-refractivity contribution in [2.75, 3.05) is 39.8 Å². The van der Waals surface area contributed by atoms with Crippen LogP contribution < -0.4 is 5.32 Å². The van der Waals surface area contributed by atoms with Gasteiger partial charge in [-0.05, 0) is 56.0 Å². The van der Waals surface area contributed by atoms with Gasteiger partial charge >= 0.3 is 0 Å². The highest BCUT2D eigenvalue weighted by Crippen LogP contribution is 2.34. The van der Waals surface area contributed by atoms with E-state index in [0.717, 1.165) is 63.2 Å². The van der Waals surface area contributed by atoms with Gasteiger partial charge in [0.1, 0.15) is 0 Å². The van der Waals surface area contributed by atoms with E-state index in [1.165, 1.54) is 0 Å². The largest absolute Gasteiger partial charge is 0.483 e. The van der Waals surface area contributed by atoms with Crippen LogP contribution in [0.3, 0.4) is 0 Å². The van der Waals surface area contributed by atoms with Crippen molar-refractivity contribution in [3.63, 3.8) is 0 Å². The predicted octanol–water partition coefficient (Wildman–Crippen LogP) is 5.43. The number of likely N-dealkylation sites (tertiary alicyclic amines) is 2. The summed E-state index contributed by atoms with van der Waals surface area (Å²) >= 11 is 0. The first kappa shape index (κ1) is 40.1. The number of carbonyl (C=O) groups excluding carboxylic acids is 3. The molecule has 2 aliphatic heterocycles.